The highest BCUT2D eigenvalue weighted by Gasteiger charge is 2.09. The van der Waals surface area contributed by atoms with Crippen molar-refractivity contribution in [3.63, 3.8) is 0 Å². The summed E-state index contributed by atoms with van der Waals surface area (Å²) in [6.07, 6.45) is 1.76. The van der Waals surface area contributed by atoms with Crippen LogP contribution in [0.3, 0.4) is 0 Å². The summed E-state index contributed by atoms with van der Waals surface area (Å²) in [6, 6.07) is 10.4. The van der Waals surface area contributed by atoms with E-state index in [9.17, 15) is 9.59 Å². The standard InChI is InChI=1S/C20H21N3O4S/c1-13-4-7-18-21-15(9-20(25)23(18)10-13)11-28-12-19(24)22-14-5-6-16(26-2)17(8-14)27-3/h4-10H,11-12H2,1-3H3,(H,22,24). The Morgan fingerprint density at radius 2 is 1.93 bits per heavy atom. The van der Waals surface area contributed by atoms with E-state index in [2.05, 4.69) is 10.3 Å². The van der Waals surface area contributed by atoms with Gasteiger partial charge in [0.05, 0.1) is 25.7 Å². The number of nitrogens with one attached hydrogen (secondary N) is 1. The van der Waals surface area contributed by atoms with Gasteiger partial charge in [-0.2, -0.15) is 0 Å². The Morgan fingerprint density at radius 1 is 1.14 bits per heavy atom. The van der Waals surface area contributed by atoms with Crippen molar-refractivity contribution < 1.29 is 14.3 Å². The molecule has 1 N–H and O–H groups in total. The van der Waals surface area contributed by atoms with Crippen LogP contribution in [0.2, 0.25) is 0 Å². The predicted molar refractivity (Wildman–Crippen MR) is 111 cm³/mol. The van der Waals surface area contributed by atoms with Crippen molar-refractivity contribution >= 4 is 29.0 Å². The van der Waals surface area contributed by atoms with E-state index in [4.69, 9.17) is 9.47 Å². The molecule has 0 unspecified atom stereocenters. The van der Waals surface area contributed by atoms with E-state index in [-0.39, 0.29) is 17.2 Å². The molecule has 2 heterocycles. The number of hydrogen-bond donors (Lipinski definition) is 1. The van der Waals surface area contributed by atoms with Crippen LogP contribution < -0.4 is 20.3 Å². The minimum atomic E-state index is -0.148. The Hall–Kier alpha value is -3.00. The molecule has 7 nitrogen and oxygen atoms in total. The highest BCUT2D eigenvalue weighted by Crippen LogP contribution is 2.29. The molecule has 1 aromatic carbocycles. The number of pyridine rings is 1. The fourth-order valence-corrected chi connectivity index (χ4v) is 3.41. The second-order valence-electron chi connectivity index (χ2n) is 6.13. The summed E-state index contributed by atoms with van der Waals surface area (Å²) in [5.41, 5.74) is 2.74. The van der Waals surface area contributed by atoms with Crippen LogP contribution in [-0.2, 0) is 10.5 Å². The lowest BCUT2D eigenvalue weighted by atomic mass is 10.2. The Morgan fingerprint density at radius 3 is 2.68 bits per heavy atom. The van der Waals surface area contributed by atoms with Crippen molar-refractivity contribution in [3.05, 3.63) is 64.2 Å². The molecule has 0 aliphatic heterocycles. The summed E-state index contributed by atoms with van der Waals surface area (Å²) in [7, 11) is 3.10. The van der Waals surface area contributed by atoms with E-state index in [1.807, 2.05) is 19.1 Å². The number of hydrogen-bond acceptors (Lipinski definition) is 6. The van der Waals surface area contributed by atoms with Gasteiger partial charge in [0.25, 0.3) is 5.56 Å². The number of amides is 1. The number of methoxy groups -OCH3 is 2. The van der Waals surface area contributed by atoms with Crippen molar-refractivity contribution in [2.75, 3.05) is 25.3 Å². The number of aromatic nitrogens is 2. The maximum absolute atomic E-state index is 12.2. The maximum Gasteiger partial charge on any atom is 0.258 e. The van der Waals surface area contributed by atoms with Gasteiger partial charge in [0.1, 0.15) is 5.65 Å². The van der Waals surface area contributed by atoms with Crippen molar-refractivity contribution in [2.24, 2.45) is 0 Å². The predicted octanol–water partition coefficient (Wildman–Crippen LogP) is 2.89. The minimum absolute atomic E-state index is 0.126. The van der Waals surface area contributed by atoms with Gasteiger partial charge in [-0.3, -0.25) is 14.0 Å². The number of anilines is 1. The highest BCUT2D eigenvalue weighted by atomic mass is 32.2. The molecule has 3 aromatic rings. The molecule has 0 atom stereocenters. The summed E-state index contributed by atoms with van der Waals surface area (Å²) in [5.74, 6) is 1.70. The molecule has 146 valence electrons. The van der Waals surface area contributed by atoms with Crippen molar-refractivity contribution in [3.8, 4) is 11.5 Å². The third kappa shape index (κ3) is 4.64. The summed E-state index contributed by atoms with van der Waals surface area (Å²) < 4.78 is 11.9. The third-order valence-corrected chi connectivity index (χ3v) is 4.98. The lowest BCUT2D eigenvalue weighted by Gasteiger charge is -2.10. The Balaban J connectivity index is 1.59. The molecule has 28 heavy (non-hydrogen) atoms. The monoisotopic (exact) mass is 399 g/mol. The van der Waals surface area contributed by atoms with Gasteiger partial charge in [-0.05, 0) is 30.7 Å². The molecule has 0 saturated heterocycles. The van der Waals surface area contributed by atoms with E-state index in [1.165, 1.54) is 22.2 Å². The maximum atomic E-state index is 12.2. The number of ether oxygens (including phenoxy) is 2. The van der Waals surface area contributed by atoms with Crippen molar-refractivity contribution in [2.45, 2.75) is 12.7 Å². The van der Waals surface area contributed by atoms with Crippen molar-refractivity contribution in [1.82, 2.24) is 9.38 Å². The quantitative estimate of drug-likeness (QED) is 0.658. The zero-order valence-electron chi connectivity index (χ0n) is 15.9. The van der Waals surface area contributed by atoms with Gasteiger partial charge >= 0.3 is 0 Å². The summed E-state index contributed by atoms with van der Waals surface area (Å²) in [6.45, 7) is 1.92. The smallest absolute Gasteiger partial charge is 0.258 e. The van der Waals surface area contributed by atoms with Crippen LogP contribution in [0.25, 0.3) is 5.65 Å². The van der Waals surface area contributed by atoms with E-state index >= 15 is 0 Å². The zero-order valence-corrected chi connectivity index (χ0v) is 16.7. The molecule has 0 bridgehead atoms. The number of aryl methyl sites for hydroxylation is 1. The lowest BCUT2D eigenvalue weighted by Crippen LogP contribution is -2.16. The average molecular weight is 399 g/mol. The number of nitrogens with zero attached hydrogens (tertiary/aromatic N) is 2. The van der Waals surface area contributed by atoms with Gasteiger partial charge in [-0.15, -0.1) is 11.8 Å². The van der Waals surface area contributed by atoms with Crippen LogP contribution in [0.1, 0.15) is 11.3 Å². The normalized spacial score (nSPS) is 10.7. The molecule has 0 spiro atoms. The van der Waals surface area contributed by atoms with Gasteiger partial charge in [0.2, 0.25) is 5.91 Å². The number of rotatable bonds is 7. The molecule has 2 aromatic heterocycles. The van der Waals surface area contributed by atoms with Crippen LogP contribution >= 0.6 is 11.8 Å². The van der Waals surface area contributed by atoms with E-state index in [0.717, 1.165) is 5.56 Å². The van der Waals surface area contributed by atoms with Crippen LogP contribution in [0.15, 0.2) is 47.4 Å². The third-order valence-electron chi connectivity index (χ3n) is 4.01. The lowest BCUT2D eigenvalue weighted by molar-refractivity contribution is -0.113. The van der Waals surface area contributed by atoms with Gasteiger partial charge in [0, 0.05) is 29.8 Å². The summed E-state index contributed by atoms with van der Waals surface area (Å²) in [4.78, 5) is 28.9. The van der Waals surface area contributed by atoms with E-state index in [0.29, 0.717) is 34.3 Å². The Kier molecular flexibility index (Phi) is 6.20. The van der Waals surface area contributed by atoms with Crippen LogP contribution in [0.4, 0.5) is 5.69 Å². The Labute approximate surface area is 166 Å². The van der Waals surface area contributed by atoms with Gasteiger partial charge in [0.15, 0.2) is 11.5 Å². The van der Waals surface area contributed by atoms with E-state index in [1.54, 1.807) is 38.6 Å². The second kappa shape index (κ2) is 8.79. The molecule has 0 radical (unpaired) electrons. The molecular formula is C20H21N3O4S. The zero-order chi connectivity index (χ0) is 20.1. The molecule has 0 saturated carbocycles. The SMILES string of the molecule is COc1ccc(NC(=O)CSCc2cc(=O)n3cc(C)ccc3n2)cc1OC. The first-order valence-electron chi connectivity index (χ1n) is 8.58. The number of carbonyl (C=O) groups excluding carboxylic acids is 1. The topological polar surface area (TPSA) is 81.9 Å². The van der Waals surface area contributed by atoms with Gasteiger partial charge in [-0.1, -0.05) is 6.07 Å². The molecule has 0 fully saturated rings. The molecular weight excluding hydrogens is 378 g/mol. The molecule has 0 aliphatic carbocycles. The molecule has 0 aliphatic rings. The van der Waals surface area contributed by atoms with Crippen molar-refractivity contribution in [1.29, 1.82) is 0 Å². The highest BCUT2D eigenvalue weighted by molar-refractivity contribution is 7.99. The fourth-order valence-electron chi connectivity index (χ4n) is 2.69. The summed E-state index contributed by atoms with van der Waals surface area (Å²) in [5, 5.41) is 2.82. The van der Waals surface area contributed by atoms with Gasteiger partial charge in [-0.25, -0.2) is 4.98 Å². The molecule has 3 rings (SSSR count). The van der Waals surface area contributed by atoms with Gasteiger partial charge < -0.3 is 14.8 Å². The number of fused-ring (bicyclic) bond motifs is 1. The average Bonchev–Trinajstić information content (AvgIpc) is 2.68. The fraction of sp³-hybridized carbons (Fsp3) is 0.250. The second-order valence-corrected chi connectivity index (χ2v) is 7.12. The van der Waals surface area contributed by atoms with Crippen LogP contribution in [0.5, 0.6) is 11.5 Å². The minimum Gasteiger partial charge on any atom is -0.493 e. The first kappa shape index (κ1) is 19.8. The Bertz CT molecular complexity index is 1060. The number of benzene rings is 1. The molecule has 1 amide bonds. The van der Waals surface area contributed by atoms with Crippen LogP contribution in [-0.4, -0.2) is 35.3 Å². The summed E-state index contributed by atoms with van der Waals surface area (Å²) >= 11 is 1.39. The van der Waals surface area contributed by atoms with Crippen LogP contribution in [0, 0.1) is 6.92 Å². The largest absolute Gasteiger partial charge is 0.493 e. The van der Waals surface area contributed by atoms with E-state index < -0.39 is 0 Å². The first-order valence-corrected chi connectivity index (χ1v) is 9.74. The number of thioether (sulfide) groups is 1. The first-order chi connectivity index (χ1) is 13.5. The number of carbonyl (C=O) groups is 1. The molecule has 8 heteroatoms.